The van der Waals surface area contributed by atoms with Crippen molar-refractivity contribution in [3.63, 3.8) is 0 Å². The number of benzene rings is 1. The zero-order valence-corrected chi connectivity index (χ0v) is 13.0. The lowest BCUT2D eigenvalue weighted by Gasteiger charge is -2.09. The van der Waals surface area contributed by atoms with E-state index in [1.807, 2.05) is 30.3 Å². The molecule has 0 aliphatic rings. The summed E-state index contributed by atoms with van der Waals surface area (Å²) in [6.07, 6.45) is 3.44. The predicted molar refractivity (Wildman–Crippen MR) is 91.0 cm³/mol. The second-order valence-corrected chi connectivity index (χ2v) is 5.49. The van der Waals surface area contributed by atoms with Gasteiger partial charge in [-0.2, -0.15) is 0 Å². The molecule has 0 saturated heterocycles. The number of aromatic nitrogens is 2. The summed E-state index contributed by atoms with van der Waals surface area (Å²) in [7, 11) is 0. The quantitative estimate of drug-likeness (QED) is 0.643. The number of nitrogens with zero attached hydrogens (tertiary/aromatic N) is 2. The van der Waals surface area contributed by atoms with Gasteiger partial charge in [-0.15, -0.1) is 0 Å². The Bertz CT molecular complexity index is 845. The molecule has 2 amide bonds. The van der Waals surface area contributed by atoms with Gasteiger partial charge in [0.25, 0.3) is 0 Å². The fourth-order valence-corrected chi connectivity index (χ4v) is 2.57. The molecule has 3 rings (SSSR count). The predicted octanol–water partition coefficient (Wildman–Crippen LogP) is 2.73. The number of carbonyl (C=O) groups excluding carboxylic acids is 1. The highest BCUT2D eigenvalue weighted by atomic mass is 35.5. The van der Waals surface area contributed by atoms with Crippen molar-refractivity contribution >= 4 is 34.4 Å². The maximum absolute atomic E-state index is 11.9. The van der Waals surface area contributed by atoms with Crippen LogP contribution < -0.4 is 16.4 Å². The second-order valence-electron chi connectivity index (χ2n) is 5.08. The number of nitrogens with one attached hydrogen (secondary N) is 2. The first-order chi connectivity index (χ1) is 11.1. The average Bonchev–Trinajstić information content (AvgIpc) is 2.88. The summed E-state index contributed by atoms with van der Waals surface area (Å²) < 4.78 is 1.79. The van der Waals surface area contributed by atoms with E-state index in [0.717, 1.165) is 16.6 Å². The Morgan fingerprint density at radius 2 is 2.13 bits per heavy atom. The average molecular weight is 330 g/mol. The van der Waals surface area contributed by atoms with Crippen LogP contribution in [-0.4, -0.2) is 15.6 Å². The van der Waals surface area contributed by atoms with E-state index in [2.05, 4.69) is 15.6 Å². The molecule has 0 atom stereocenters. The number of carbonyl (C=O) groups is 1. The van der Waals surface area contributed by atoms with Crippen LogP contribution in [0.15, 0.2) is 48.8 Å². The van der Waals surface area contributed by atoms with Gasteiger partial charge in [-0.25, -0.2) is 9.78 Å². The summed E-state index contributed by atoms with van der Waals surface area (Å²) in [6.45, 7) is 0.686. The van der Waals surface area contributed by atoms with E-state index in [1.165, 1.54) is 0 Å². The lowest BCUT2D eigenvalue weighted by atomic mass is 10.2. The van der Waals surface area contributed by atoms with E-state index in [4.69, 9.17) is 17.3 Å². The lowest BCUT2D eigenvalue weighted by molar-refractivity contribution is 0.238. The van der Waals surface area contributed by atoms with E-state index in [-0.39, 0.29) is 12.7 Å². The highest BCUT2D eigenvalue weighted by Gasteiger charge is 2.08. The molecular weight excluding hydrogens is 314 g/mol. The molecule has 6 nitrogen and oxygen atoms in total. The van der Waals surface area contributed by atoms with Crippen molar-refractivity contribution in [3.8, 4) is 0 Å². The molecule has 0 aliphatic carbocycles. The largest absolute Gasteiger partial charge is 0.399 e. The molecule has 3 aromatic rings. The zero-order valence-electron chi connectivity index (χ0n) is 12.3. The van der Waals surface area contributed by atoms with Crippen LogP contribution >= 0.6 is 11.6 Å². The second kappa shape index (κ2) is 6.58. The number of halogens is 1. The first-order valence-corrected chi connectivity index (χ1v) is 7.47. The number of amides is 2. The third kappa shape index (κ3) is 3.54. The van der Waals surface area contributed by atoms with E-state index in [9.17, 15) is 4.79 Å². The van der Waals surface area contributed by atoms with Crippen molar-refractivity contribution in [3.05, 3.63) is 59.4 Å². The Balaban J connectivity index is 1.58. The SMILES string of the molecule is Nc1cccc(CNC(=O)NCn2cc(Cl)c3cccnc32)c1. The van der Waals surface area contributed by atoms with E-state index >= 15 is 0 Å². The number of hydrogen-bond donors (Lipinski definition) is 3. The zero-order chi connectivity index (χ0) is 16.2. The van der Waals surface area contributed by atoms with Crippen molar-refractivity contribution < 1.29 is 4.79 Å². The molecule has 0 spiro atoms. The van der Waals surface area contributed by atoms with Gasteiger partial charge in [0.15, 0.2) is 0 Å². The number of fused-ring (bicyclic) bond motifs is 1. The third-order valence-corrected chi connectivity index (χ3v) is 3.70. The number of urea groups is 1. The van der Waals surface area contributed by atoms with Crippen LogP contribution in [0.25, 0.3) is 11.0 Å². The third-order valence-electron chi connectivity index (χ3n) is 3.40. The molecule has 1 aromatic carbocycles. The van der Waals surface area contributed by atoms with E-state index in [1.54, 1.807) is 23.0 Å². The monoisotopic (exact) mass is 329 g/mol. The highest BCUT2D eigenvalue weighted by Crippen LogP contribution is 2.23. The fraction of sp³-hybridized carbons (Fsp3) is 0.125. The molecule has 4 N–H and O–H groups in total. The molecule has 2 heterocycles. The summed E-state index contributed by atoms with van der Waals surface area (Å²) in [5.74, 6) is 0. The summed E-state index contributed by atoms with van der Waals surface area (Å²) in [5, 5.41) is 7.02. The molecule has 7 heteroatoms. The lowest BCUT2D eigenvalue weighted by Crippen LogP contribution is -2.36. The van der Waals surface area contributed by atoms with Crippen LogP contribution in [0.3, 0.4) is 0 Å². The number of anilines is 1. The Morgan fingerprint density at radius 3 is 2.96 bits per heavy atom. The molecule has 2 aromatic heterocycles. The topological polar surface area (TPSA) is 85.0 Å². The number of nitrogen functional groups attached to an aromatic ring is 1. The van der Waals surface area contributed by atoms with Gasteiger partial charge in [0.05, 0.1) is 11.7 Å². The van der Waals surface area contributed by atoms with Gasteiger partial charge in [-0.05, 0) is 29.8 Å². The van der Waals surface area contributed by atoms with Crippen LogP contribution in [0.1, 0.15) is 5.56 Å². The Kier molecular flexibility index (Phi) is 4.34. The summed E-state index contributed by atoms with van der Waals surface area (Å²) >= 11 is 6.15. The van der Waals surface area contributed by atoms with Gasteiger partial charge in [0, 0.05) is 30.0 Å². The van der Waals surface area contributed by atoms with Crippen LogP contribution in [0.2, 0.25) is 5.02 Å². The summed E-state index contributed by atoms with van der Waals surface area (Å²) in [6, 6.07) is 10.8. The van der Waals surface area contributed by atoms with Crippen LogP contribution in [-0.2, 0) is 13.2 Å². The van der Waals surface area contributed by atoms with E-state index < -0.39 is 0 Å². The molecular formula is C16H16ClN5O. The summed E-state index contributed by atoms with van der Waals surface area (Å²) in [4.78, 5) is 16.2. The minimum absolute atomic E-state index is 0.277. The smallest absolute Gasteiger partial charge is 0.316 e. The molecule has 0 fully saturated rings. The fourth-order valence-electron chi connectivity index (χ4n) is 2.31. The minimum atomic E-state index is -0.277. The highest BCUT2D eigenvalue weighted by molar-refractivity contribution is 6.35. The minimum Gasteiger partial charge on any atom is -0.399 e. The van der Waals surface area contributed by atoms with Gasteiger partial charge in [-0.1, -0.05) is 23.7 Å². The van der Waals surface area contributed by atoms with Crippen LogP contribution in [0.5, 0.6) is 0 Å². The van der Waals surface area contributed by atoms with Gasteiger partial charge < -0.3 is 20.9 Å². The maximum Gasteiger partial charge on any atom is 0.316 e. The Hall–Kier alpha value is -2.73. The van der Waals surface area contributed by atoms with Gasteiger partial charge in [0.1, 0.15) is 5.65 Å². The van der Waals surface area contributed by atoms with Crippen molar-refractivity contribution in [2.24, 2.45) is 0 Å². The molecule has 0 saturated carbocycles. The standard InChI is InChI=1S/C16H16ClN5O/c17-14-9-22(15-13(14)5-2-6-19-15)10-21-16(23)20-8-11-3-1-4-12(18)7-11/h1-7,9H,8,10,18H2,(H2,20,21,23). The molecule has 118 valence electrons. The Labute approximate surface area is 138 Å². The first-order valence-electron chi connectivity index (χ1n) is 7.09. The van der Waals surface area contributed by atoms with Gasteiger partial charge >= 0.3 is 6.03 Å². The van der Waals surface area contributed by atoms with Gasteiger partial charge in [-0.3, -0.25) is 0 Å². The van der Waals surface area contributed by atoms with Crippen molar-refractivity contribution in [2.75, 3.05) is 5.73 Å². The maximum atomic E-state index is 11.9. The number of pyridine rings is 1. The van der Waals surface area contributed by atoms with Crippen molar-refractivity contribution in [1.82, 2.24) is 20.2 Å². The van der Waals surface area contributed by atoms with Crippen LogP contribution in [0.4, 0.5) is 10.5 Å². The number of hydrogen-bond acceptors (Lipinski definition) is 3. The number of rotatable bonds is 4. The molecule has 0 bridgehead atoms. The molecule has 0 radical (unpaired) electrons. The first kappa shape index (κ1) is 15.2. The van der Waals surface area contributed by atoms with Gasteiger partial charge in [0.2, 0.25) is 0 Å². The van der Waals surface area contributed by atoms with Crippen molar-refractivity contribution in [1.29, 1.82) is 0 Å². The Morgan fingerprint density at radius 1 is 1.26 bits per heavy atom. The number of nitrogens with two attached hydrogens (primary N) is 1. The van der Waals surface area contributed by atoms with Crippen LogP contribution in [0, 0.1) is 0 Å². The molecule has 0 aliphatic heterocycles. The van der Waals surface area contributed by atoms with E-state index in [0.29, 0.717) is 17.3 Å². The normalized spacial score (nSPS) is 10.7. The summed E-state index contributed by atoms with van der Waals surface area (Å²) in [5.41, 5.74) is 8.05. The van der Waals surface area contributed by atoms with Crippen molar-refractivity contribution in [2.45, 2.75) is 13.2 Å². The molecule has 0 unspecified atom stereocenters. The molecule has 23 heavy (non-hydrogen) atoms.